The van der Waals surface area contributed by atoms with Gasteiger partial charge in [0.15, 0.2) is 0 Å². The summed E-state index contributed by atoms with van der Waals surface area (Å²) in [7, 11) is -2.64. The summed E-state index contributed by atoms with van der Waals surface area (Å²) in [6.07, 6.45) is 0. The fraction of sp³-hybridized carbons (Fsp3) is 0.100. The zero-order chi connectivity index (χ0) is 21.0. The van der Waals surface area contributed by atoms with Crippen LogP contribution in [0.3, 0.4) is 0 Å². The lowest BCUT2D eigenvalue weighted by Gasteiger charge is -2.25. The smallest absolute Gasteiger partial charge is 0.269 e. The SMILES string of the molecule is COc1cccc(N(Cc2cccc(F)c2)S(=O)(=O)c2ccc([N+](=O)[O-])cc2)c1. The van der Waals surface area contributed by atoms with Crippen LogP contribution in [0.2, 0.25) is 0 Å². The van der Waals surface area contributed by atoms with E-state index < -0.39 is 20.8 Å². The van der Waals surface area contributed by atoms with E-state index in [4.69, 9.17) is 4.74 Å². The number of hydrogen-bond acceptors (Lipinski definition) is 5. The normalized spacial score (nSPS) is 11.1. The molecule has 0 heterocycles. The Labute approximate surface area is 167 Å². The van der Waals surface area contributed by atoms with Gasteiger partial charge in [-0.2, -0.15) is 0 Å². The summed E-state index contributed by atoms with van der Waals surface area (Å²) in [4.78, 5) is 10.1. The summed E-state index contributed by atoms with van der Waals surface area (Å²) >= 11 is 0. The Morgan fingerprint density at radius 2 is 1.72 bits per heavy atom. The Morgan fingerprint density at radius 3 is 2.34 bits per heavy atom. The number of halogens is 1. The number of hydrogen-bond donors (Lipinski definition) is 0. The summed E-state index contributed by atoms with van der Waals surface area (Å²) in [5, 5.41) is 10.9. The average molecular weight is 416 g/mol. The van der Waals surface area contributed by atoms with Crippen LogP contribution in [0, 0.1) is 15.9 Å². The van der Waals surface area contributed by atoms with E-state index in [1.165, 1.54) is 37.4 Å². The van der Waals surface area contributed by atoms with E-state index in [9.17, 15) is 22.9 Å². The molecule has 0 aliphatic carbocycles. The molecule has 0 bridgehead atoms. The van der Waals surface area contributed by atoms with Gasteiger partial charge in [0.05, 0.1) is 29.2 Å². The number of rotatable bonds is 7. The van der Waals surface area contributed by atoms with Crippen molar-refractivity contribution in [2.45, 2.75) is 11.4 Å². The van der Waals surface area contributed by atoms with Gasteiger partial charge in [-0.25, -0.2) is 12.8 Å². The first-order valence-electron chi connectivity index (χ1n) is 8.47. The van der Waals surface area contributed by atoms with E-state index in [-0.39, 0.29) is 17.1 Å². The molecule has 0 aliphatic heterocycles. The second kappa shape index (κ2) is 8.27. The maximum absolute atomic E-state index is 13.6. The van der Waals surface area contributed by atoms with Crippen LogP contribution in [-0.2, 0) is 16.6 Å². The molecule has 0 aliphatic rings. The number of methoxy groups -OCH3 is 1. The molecular formula is C20H17FN2O5S. The predicted molar refractivity (Wildman–Crippen MR) is 106 cm³/mol. The highest BCUT2D eigenvalue weighted by atomic mass is 32.2. The Hall–Kier alpha value is -3.46. The van der Waals surface area contributed by atoms with Crippen molar-refractivity contribution in [3.8, 4) is 5.75 Å². The number of non-ortho nitro benzene ring substituents is 1. The molecule has 7 nitrogen and oxygen atoms in total. The van der Waals surface area contributed by atoms with Crippen molar-refractivity contribution in [3.05, 3.63) is 94.3 Å². The number of benzene rings is 3. The fourth-order valence-electron chi connectivity index (χ4n) is 2.75. The van der Waals surface area contributed by atoms with Crippen molar-refractivity contribution in [2.75, 3.05) is 11.4 Å². The molecule has 0 unspecified atom stereocenters. The maximum Gasteiger partial charge on any atom is 0.269 e. The minimum atomic E-state index is -4.10. The molecule has 0 radical (unpaired) electrons. The minimum Gasteiger partial charge on any atom is -0.497 e. The van der Waals surface area contributed by atoms with Crippen molar-refractivity contribution in [1.29, 1.82) is 0 Å². The van der Waals surface area contributed by atoms with Gasteiger partial charge in [0, 0.05) is 18.2 Å². The topological polar surface area (TPSA) is 89.8 Å². The largest absolute Gasteiger partial charge is 0.497 e. The maximum atomic E-state index is 13.6. The molecule has 9 heteroatoms. The van der Waals surface area contributed by atoms with Crippen LogP contribution in [0.25, 0.3) is 0 Å². The molecule has 0 spiro atoms. The second-order valence-electron chi connectivity index (χ2n) is 6.09. The van der Waals surface area contributed by atoms with Crippen molar-refractivity contribution in [1.82, 2.24) is 0 Å². The summed E-state index contributed by atoms with van der Waals surface area (Å²) in [5.74, 6) is -0.0357. The number of ether oxygens (including phenoxy) is 1. The molecule has 0 saturated heterocycles. The molecular weight excluding hydrogens is 399 g/mol. The first-order chi connectivity index (χ1) is 13.8. The third-order valence-electron chi connectivity index (χ3n) is 4.19. The molecule has 0 amide bonds. The first kappa shape index (κ1) is 20.3. The van der Waals surface area contributed by atoms with E-state index in [1.54, 1.807) is 30.3 Å². The number of nitrogens with zero attached hydrogens (tertiary/aromatic N) is 2. The third kappa shape index (κ3) is 4.52. The van der Waals surface area contributed by atoms with Crippen LogP contribution in [0.15, 0.2) is 77.7 Å². The van der Waals surface area contributed by atoms with Gasteiger partial charge >= 0.3 is 0 Å². The zero-order valence-corrected chi connectivity index (χ0v) is 16.2. The van der Waals surface area contributed by atoms with E-state index in [0.717, 1.165) is 16.4 Å². The second-order valence-corrected chi connectivity index (χ2v) is 7.96. The minimum absolute atomic E-state index is 0.123. The van der Waals surface area contributed by atoms with Crippen LogP contribution >= 0.6 is 0 Å². The van der Waals surface area contributed by atoms with Gasteiger partial charge in [-0.1, -0.05) is 18.2 Å². The first-order valence-corrected chi connectivity index (χ1v) is 9.91. The van der Waals surface area contributed by atoms with Crippen molar-refractivity contribution in [2.24, 2.45) is 0 Å². The van der Waals surface area contributed by atoms with Crippen LogP contribution < -0.4 is 9.04 Å². The predicted octanol–water partition coefficient (Wildman–Crippen LogP) is 4.14. The van der Waals surface area contributed by atoms with Gasteiger partial charge < -0.3 is 4.74 Å². The van der Waals surface area contributed by atoms with Gasteiger partial charge in [0.1, 0.15) is 11.6 Å². The van der Waals surface area contributed by atoms with E-state index in [0.29, 0.717) is 17.0 Å². The van der Waals surface area contributed by atoms with E-state index in [2.05, 4.69) is 0 Å². The van der Waals surface area contributed by atoms with Gasteiger partial charge in [-0.15, -0.1) is 0 Å². The zero-order valence-electron chi connectivity index (χ0n) is 15.4. The lowest BCUT2D eigenvalue weighted by atomic mass is 10.2. The average Bonchev–Trinajstić information content (AvgIpc) is 2.72. The lowest BCUT2D eigenvalue weighted by Crippen LogP contribution is -2.30. The van der Waals surface area contributed by atoms with Gasteiger partial charge in [-0.05, 0) is 42.0 Å². The van der Waals surface area contributed by atoms with Gasteiger partial charge in [0.25, 0.3) is 15.7 Å². The highest BCUT2D eigenvalue weighted by Crippen LogP contribution is 2.29. The quantitative estimate of drug-likeness (QED) is 0.427. The number of sulfonamides is 1. The van der Waals surface area contributed by atoms with Gasteiger partial charge in [-0.3, -0.25) is 14.4 Å². The highest BCUT2D eigenvalue weighted by Gasteiger charge is 2.26. The lowest BCUT2D eigenvalue weighted by molar-refractivity contribution is -0.384. The Kier molecular flexibility index (Phi) is 5.79. The summed E-state index contributed by atoms with van der Waals surface area (Å²) < 4.78 is 46.6. The molecule has 0 fully saturated rings. The fourth-order valence-corrected chi connectivity index (χ4v) is 4.19. The van der Waals surface area contributed by atoms with Crippen LogP contribution in [0.4, 0.5) is 15.8 Å². The third-order valence-corrected chi connectivity index (χ3v) is 5.98. The number of anilines is 1. The molecule has 0 aromatic heterocycles. The van der Waals surface area contributed by atoms with Gasteiger partial charge in [0.2, 0.25) is 0 Å². The summed E-state index contributed by atoms with van der Waals surface area (Å²) in [5.41, 5.74) is 0.535. The van der Waals surface area contributed by atoms with E-state index >= 15 is 0 Å². The standard InChI is InChI=1S/C20H17FN2O5S/c1-28-19-7-3-6-18(13-19)22(14-15-4-2-5-16(21)12-15)29(26,27)20-10-8-17(9-11-20)23(24)25/h2-13H,14H2,1H3. The van der Waals surface area contributed by atoms with Crippen LogP contribution in [0.1, 0.15) is 5.56 Å². The molecule has 0 atom stereocenters. The molecule has 3 aromatic carbocycles. The van der Waals surface area contributed by atoms with Crippen molar-refractivity contribution >= 4 is 21.4 Å². The molecule has 150 valence electrons. The Balaban J connectivity index is 2.08. The summed E-state index contributed by atoms with van der Waals surface area (Å²) in [6, 6.07) is 16.7. The Bertz CT molecular complexity index is 1130. The molecule has 29 heavy (non-hydrogen) atoms. The van der Waals surface area contributed by atoms with E-state index in [1.807, 2.05) is 0 Å². The molecule has 3 rings (SSSR count). The molecule has 0 saturated carbocycles. The number of nitro benzene ring substituents is 1. The molecule has 3 aromatic rings. The monoisotopic (exact) mass is 416 g/mol. The summed E-state index contributed by atoms with van der Waals surface area (Å²) in [6.45, 7) is -0.135. The van der Waals surface area contributed by atoms with Crippen molar-refractivity contribution in [3.63, 3.8) is 0 Å². The Morgan fingerprint density at radius 1 is 1.03 bits per heavy atom. The van der Waals surface area contributed by atoms with Crippen LogP contribution in [-0.4, -0.2) is 20.5 Å². The number of nitro groups is 1. The highest BCUT2D eigenvalue weighted by molar-refractivity contribution is 7.92. The van der Waals surface area contributed by atoms with Crippen LogP contribution in [0.5, 0.6) is 5.75 Å². The van der Waals surface area contributed by atoms with Crippen molar-refractivity contribution < 1.29 is 22.5 Å². The molecule has 0 N–H and O–H groups in total.